The van der Waals surface area contributed by atoms with Crippen molar-refractivity contribution in [3.05, 3.63) is 0 Å². The Hall–Kier alpha value is -0.330. The molecule has 96 valence electrons. The highest BCUT2D eigenvalue weighted by atomic mass is 19.4. The van der Waals surface area contributed by atoms with Gasteiger partial charge in [0.1, 0.15) is 0 Å². The molecule has 0 saturated carbocycles. The molecule has 1 N–H and O–H groups in total. The summed E-state index contributed by atoms with van der Waals surface area (Å²) in [5.74, 6) is 0. The molecule has 0 aromatic rings. The van der Waals surface area contributed by atoms with E-state index in [4.69, 9.17) is 4.74 Å². The summed E-state index contributed by atoms with van der Waals surface area (Å²) in [6.45, 7) is 2.06. The lowest BCUT2D eigenvalue weighted by atomic mass is 9.87. The highest BCUT2D eigenvalue weighted by Gasteiger charge is 2.38. The smallest absolute Gasteiger partial charge is 0.396 e. The summed E-state index contributed by atoms with van der Waals surface area (Å²) in [5.41, 5.74) is -0.513. The fraction of sp³-hybridized carbons (Fsp3) is 1.00. The van der Waals surface area contributed by atoms with Crippen LogP contribution < -0.4 is 0 Å². The fourth-order valence-corrected chi connectivity index (χ4v) is 1.96. The molecule has 0 aromatic heterocycles. The topological polar surface area (TPSA) is 32.7 Å². The molecule has 1 rings (SSSR count). The van der Waals surface area contributed by atoms with Gasteiger partial charge in [-0.25, -0.2) is 0 Å². The Morgan fingerprint density at radius 2 is 2.12 bits per heavy atom. The minimum absolute atomic E-state index is 0.124. The van der Waals surface area contributed by atoms with E-state index < -0.39 is 18.1 Å². The lowest BCUT2D eigenvalue weighted by molar-refractivity contribution is -0.149. The highest BCUT2D eigenvalue weighted by Crippen LogP contribution is 2.30. The zero-order valence-electron chi connectivity index (χ0n) is 9.39. The number of alkyl halides is 3. The van der Waals surface area contributed by atoms with E-state index in [0.29, 0.717) is 26.2 Å². The molecule has 0 aromatic carbocycles. The van der Waals surface area contributed by atoms with E-state index in [1.807, 2.05) is 0 Å². The average Bonchev–Trinajstić information content (AvgIpc) is 2.64. The first kappa shape index (κ1) is 13.7. The number of hydrogen-bond acceptors (Lipinski definition) is 3. The summed E-state index contributed by atoms with van der Waals surface area (Å²) < 4.78 is 41.9. The van der Waals surface area contributed by atoms with E-state index in [0.717, 1.165) is 0 Å². The van der Waals surface area contributed by atoms with Gasteiger partial charge in [-0.15, -0.1) is 0 Å². The van der Waals surface area contributed by atoms with E-state index in [1.54, 1.807) is 6.92 Å². The molecule has 1 aliphatic rings. The summed E-state index contributed by atoms with van der Waals surface area (Å²) in [5, 5.41) is 9.27. The molecule has 0 bridgehead atoms. The van der Waals surface area contributed by atoms with E-state index in [2.05, 4.69) is 0 Å². The van der Waals surface area contributed by atoms with E-state index in [-0.39, 0.29) is 13.2 Å². The summed E-state index contributed by atoms with van der Waals surface area (Å²) in [7, 11) is 0. The van der Waals surface area contributed by atoms with E-state index in [9.17, 15) is 18.3 Å². The Bertz CT molecular complexity index is 215. The van der Waals surface area contributed by atoms with E-state index in [1.165, 1.54) is 4.90 Å². The first-order chi connectivity index (χ1) is 7.41. The average molecular weight is 241 g/mol. The molecule has 1 atom stereocenters. The van der Waals surface area contributed by atoms with Crippen LogP contribution in [0.2, 0.25) is 0 Å². The lowest BCUT2D eigenvalue weighted by Gasteiger charge is -2.32. The minimum atomic E-state index is -4.19. The molecule has 6 heteroatoms. The fourth-order valence-electron chi connectivity index (χ4n) is 1.96. The van der Waals surface area contributed by atoms with Gasteiger partial charge >= 0.3 is 6.18 Å². The van der Waals surface area contributed by atoms with Gasteiger partial charge in [-0.05, 0) is 13.0 Å². The molecule has 0 spiro atoms. The van der Waals surface area contributed by atoms with Gasteiger partial charge in [0.05, 0.1) is 19.8 Å². The quantitative estimate of drug-likeness (QED) is 0.786. The summed E-state index contributed by atoms with van der Waals surface area (Å²) in [6.07, 6.45) is -3.57. The maximum Gasteiger partial charge on any atom is 0.401 e. The summed E-state index contributed by atoms with van der Waals surface area (Å²) in [6, 6.07) is 0. The predicted molar refractivity (Wildman–Crippen MR) is 53.1 cm³/mol. The molecule has 0 amide bonds. The molecular formula is C10H18F3NO2. The minimum Gasteiger partial charge on any atom is -0.396 e. The van der Waals surface area contributed by atoms with Crippen molar-refractivity contribution in [2.45, 2.75) is 19.5 Å². The molecule has 16 heavy (non-hydrogen) atoms. The number of aliphatic hydroxyl groups excluding tert-OH is 1. The van der Waals surface area contributed by atoms with Gasteiger partial charge in [0.2, 0.25) is 0 Å². The number of rotatable bonds is 5. The monoisotopic (exact) mass is 241 g/mol. The van der Waals surface area contributed by atoms with Crippen molar-refractivity contribution in [3.8, 4) is 0 Å². The number of halogens is 3. The first-order valence-corrected chi connectivity index (χ1v) is 5.38. The highest BCUT2D eigenvalue weighted by molar-refractivity contribution is 4.86. The molecule has 1 fully saturated rings. The van der Waals surface area contributed by atoms with Crippen molar-refractivity contribution >= 4 is 0 Å². The third-order valence-corrected chi connectivity index (χ3v) is 2.93. The van der Waals surface area contributed by atoms with Crippen LogP contribution in [-0.2, 0) is 4.74 Å². The molecule has 0 radical (unpaired) electrons. The maximum atomic E-state index is 12.3. The third kappa shape index (κ3) is 3.92. The third-order valence-electron chi connectivity index (χ3n) is 2.93. The van der Waals surface area contributed by atoms with Crippen LogP contribution in [0.4, 0.5) is 13.2 Å². The standard InChI is InChI=1S/C10H18F3NO2/c1-2-14(6-10(11,12)13)5-9(7-15)3-4-16-8-9/h15H,2-8H2,1H3. The Morgan fingerprint density at radius 1 is 1.44 bits per heavy atom. The van der Waals surface area contributed by atoms with E-state index >= 15 is 0 Å². The van der Waals surface area contributed by atoms with Crippen molar-refractivity contribution in [1.82, 2.24) is 4.90 Å². The second kappa shape index (κ2) is 5.33. The molecule has 0 aliphatic carbocycles. The van der Waals surface area contributed by atoms with Crippen LogP contribution in [0, 0.1) is 5.41 Å². The molecular weight excluding hydrogens is 223 g/mol. The van der Waals surface area contributed by atoms with Crippen LogP contribution in [0.1, 0.15) is 13.3 Å². The first-order valence-electron chi connectivity index (χ1n) is 5.38. The number of aliphatic hydroxyl groups is 1. The molecule has 1 heterocycles. The Morgan fingerprint density at radius 3 is 2.50 bits per heavy atom. The van der Waals surface area contributed by atoms with Gasteiger partial charge in [-0.3, -0.25) is 4.90 Å². The van der Waals surface area contributed by atoms with Gasteiger partial charge in [0.15, 0.2) is 0 Å². The Balaban J connectivity index is 2.54. The van der Waals surface area contributed by atoms with Crippen molar-refractivity contribution in [3.63, 3.8) is 0 Å². The van der Waals surface area contributed by atoms with Crippen molar-refractivity contribution in [2.75, 3.05) is 39.5 Å². The second-order valence-corrected chi connectivity index (χ2v) is 4.38. The summed E-state index contributed by atoms with van der Waals surface area (Å²) in [4.78, 5) is 1.31. The van der Waals surface area contributed by atoms with Crippen molar-refractivity contribution < 1.29 is 23.0 Å². The van der Waals surface area contributed by atoms with Crippen molar-refractivity contribution in [2.24, 2.45) is 5.41 Å². The van der Waals surface area contributed by atoms with Gasteiger partial charge in [0.25, 0.3) is 0 Å². The largest absolute Gasteiger partial charge is 0.401 e. The van der Waals surface area contributed by atoms with Crippen LogP contribution in [-0.4, -0.2) is 55.6 Å². The molecule has 1 unspecified atom stereocenters. The Labute approximate surface area is 93.2 Å². The van der Waals surface area contributed by atoms with Crippen LogP contribution in [0.15, 0.2) is 0 Å². The number of hydrogen-bond donors (Lipinski definition) is 1. The van der Waals surface area contributed by atoms with Gasteiger partial charge in [-0.2, -0.15) is 13.2 Å². The summed E-state index contributed by atoms with van der Waals surface area (Å²) >= 11 is 0. The zero-order chi connectivity index (χ0) is 12.2. The Kier molecular flexibility index (Phi) is 4.58. The van der Waals surface area contributed by atoms with Crippen LogP contribution in [0.5, 0.6) is 0 Å². The second-order valence-electron chi connectivity index (χ2n) is 4.38. The predicted octanol–water partition coefficient (Wildman–Crippen LogP) is 1.27. The van der Waals surface area contributed by atoms with Crippen LogP contribution >= 0.6 is 0 Å². The van der Waals surface area contributed by atoms with Gasteiger partial charge < -0.3 is 9.84 Å². The molecule has 1 aliphatic heterocycles. The van der Waals surface area contributed by atoms with Crippen LogP contribution in [0.25, 0.3) is 0 Å². The maximum absolute atomic E-state index is 12.3. The SMILES string of the molecule is CCN(CC(F)(F)F)CC1(CO)CCOC1. The van der Waals surface area contributed by atoms with Crippen molar-refractivity contribution in [1.29, 1.82) is 0 Å². The normalized spacial score (nSPS) is 26.6. The molecule has 1 saturated heterocycles. The molecule has 3 nitrogen and oxygen atoms in total. The zero-order valence-corrected chi connectivity index (χ0v) is 9.39. The van der Waals surface area contributed by atoms with Gasteiger partial charge in [0, 0.05) is 18.6 Å². The van der Waals surface area contributed by atoms with Crippen LogP contribution in [0.3, 0.4) is 0 Å². The van der Waals surface area contributed by atoms with Gasteiger partial charge in [-0.1, -0.05) is 6.92 Å². The lowest BCUT2D eigenvalue weighted by Crippen LogP contribution is -2.44. The number of ether oxygens (including phenoxy) is 1. The number of nitrogens with zero attached hydrogens (tertiary/aromatic N) is 1.